The van der Waals surface area contributed by atoms with E-state index in [0.29, 0.717) is 30.2 Å². The van der Waals surface area contributed by atoms with Crippen LogP contribution in [0.5, 0.6) is 0 Å². The summed E-state index contributed by atoms with van der Waals surface area (Å²) in [6.07, 6.45) is 0.549. The van der Waals surface area contributed by atoms with Gasteiger partial charge in [0.25, 0.3) is 5.91 Å². The van der Waals surface area contributed by atoms with E-state index in [0.717, 1.165) is 0 Å². The number of carbonyl (C=O) groups excluding carboxylic acids is 1. The van der Waals surface area contributed by atoms with E-state index in [9.17, 15) is 9.59 Å². The van der Waals surface area contributed by atoms with Gasteiger partial charge in [-0.25, -0.2) is 0 Å². The van der Waals surface area contributed by atoms with E-state index in [1.165, 1.54) is 0 Å². The molecule has 1 saturated heterocycles. The molecule has 2 heterocycles. The molecule has 1 fully saturated rings. The fourth-order valence-electron chi connectivity index (χ4n) is 2.26. The van der Waals surface area contributed by atoms with Crippen LogP contribution >= 0.6 is 35.6 Å². The average molecular weight is 357 g/mol. The summed E-state index contributed by atoms with van der Waals surface area (Å²) in [4.78, 5) is 26.1. The highest BCUT2D eigenvalue weighted by molar-refractivity contribution is 6.44. The van der Waals surface area contributed by atoms with E-state index in [2.05, 4.69) is 15.6 Å². The zero-order chi connectivity index (χ0) is 14.9. The molecule has 0 aromatic carbocycles. The number of rotatable bonds is 3. The summed E-state index contributed by atoms with van der Waals surface area (Å²) in [5.41, 5.74) is 0.763. The molecule has 0 aliphatic carbocycles. The molecule has 4 N–H and O–H groups in total. The van der Waals surface area contributed by atoms with Crippen LogP contribution in [-0.2, 0) is 4.79 Å². The molecule has 0 spiro atoms. The van der Waals surface area contributed by atoms with Crippen molar-refractivity contribution >= 4 is 47.5 Å². The third-order valence-electron chi connectivity index (χ3n) is 3.40. The standard InChI is InChI=1S/C12H15Cl2N3O3.ClH/c1-5-8(13)9(14)10(16-5)11(18)17-7-2-3-15-4-6(7)12(19)20;/h6-7,15-16H,2-4H2,1H3,(H,17,18)(H,19,20);1H/t6-,7+;/m0./s1. The zero-order valence-electron chi connectivity index (χ0n) is 11.2. The maximum atomic E-state index is 12.2. The van der Waals surface area contributed by atoms with Crippen molar-refractivity contribution in [3.63, 3.8) is 0 Å². The van der Waals surface area contributed by atoms with E-state index < -0.39 is 23.8 Å². The number of carboxylic acids is 1. The van der Waals surface area contributed by atoms with Gasteiger partial charge in [-0.3, -0.25) is 9.59 Å². The molecule has 2 atom stereocenters. The number of aryl methyl sites for hydroxylation is 1. The predicted molar refractivity (Wildman–Crippen MR) is 82.7 cm³/mol. The highest BCUT2D eigenvalue weighted by Gasteiger charge is 2.32. The monoisotopic (exact) mass is 355 g/mol. The fourth-order valence-corrected chi connectivity index (χ4v) is 2.68. The van der Waals surface area contributed by atoms with Crippen LogP contribution in [0.3, 0.4) is 0 Å². The number of aliphatic carboxylic acids is 1. The van der Waals surface area contributed by atoms with Gasteiger partial charge in [0.15, 0.2) is 0 Å². The van der Waals surface area contributed by atoms with Gasteiger partial charge in [0, 0.05) is 18.3 Å². The first kappa shape index (κ1) is 18.1. The van der Waals surface area contributed by atoms with E-state index in [1.807, 2.05) is 0 Å². The first-order chi connectivity index (χ1) is 9.41. The second kappa shape index (κ2) is 7.35. The van der Waals surface area contributed by atoms with Crippen molar-refractivity contribution in [1.29, 1.82) is 0 Å². The molecule has 0 unspecified atom stereocenters. The first-order valence-electron chi connectivity index (χ1n) is 6.19. The Balaban J connectivity index is 0.00000220. The number of carboxylic acid groups (broad SMARTS) is 1. The van der Waals surface area contributed by atoms with Gasteiger partial charge in [-0.1, -0.05) is 23.2 Å². The predicted octanol–water partition coefficient (Wildman–Crippen LogP) is 1.84. The molecular weight excluding hydrogens is 341 g/mol. The summed E-state index contributed by atoms with van der Waals surface area (Å²) < 4.78 is 0. The maximum absolute atomic E-state index is 12.2. The number of H-pyrrole nitrogens is 1. The quantitative estimate of drug-likeness (QED) is 0.665. The van der Waals surface area contributed by atoms with Crippen LogP contribution in [0.4, 0.5) is 0 Å². The largest absolute Gasteiger partial charge is 0.481 e. The maximum Gasteiger partial charge on any atom is 0.309 e. The van der Waals surface area contributed by atoms with E-state index >= 15 is 0 Å². The van der Waals surface area contributed by atoms with E-state index in [4.69, 9.17) is 28.3 Å². The van der Waals surface area contributed by atoms with E-state index in [-0.39, 0.29) is 23.1 Å². The normalized spacial score (nSPS) is 21.5. The number of halogens is 3. The Morgan fingerprint density at radius 3 is 2.52 bits per heavy atom. The average Bonchev–Trinajstić information content (AvgIpc) is 2.67. The lowest BCUT2D eigenvalue weighted by atomic mass is 9.93. The summed E-state index contributed by atoms with van der Waals surface area (Å²) in [7, 11) is 0. The van der Waals surface area contributed by atoms with Crippen molar-refractivity contribution in [1.82, 2.24) is 15.6 Å². The van der Waals surface area contributed by atoms with Gasteiger partial charge in [0.05, 0.1) is 16.0 Å². The SMILES string of the molecule is Cc1[nH]c(C(=O)N[C@@H]2CCNC[C@@H]2C(=O)O)c(Cl)c1Cl.Cl. The van der Waals surface area contributed by atoms with Crippen molar-refractivity contribution in [2.45, 2.75) is 19.4 Å². The number of amides is 1. The number of carbonyl (C=O) groups is 2. The van der Waals surface area contributed by atoms with E-state index in [1.54, 1.807) is 6.92 Å². The van der Waals surface area contributed by atoms with Gasteiger partial charge in [0.1, 0.15) is 5.69 Å². The molecular formula is C12H16Cl3N3O3. The number of aromatic amines is 1. The van der Waals surface area contributed by atoms with Crippen molar-refractivity contribution in [3.05, 3.63) is 21.4 Å². The van der Waals surface area contributed by atoms with Crippen molar-refractivity contribution in [2.75, 3.05) is 13.1 Å². The Kier molecular flexibility index (Phi) is 6.34. The summed E-state index contributed by atoms with van der Waals surface area (Å²) in [5, 5.41) is 15.3. The molecule has 1 aliphatic rings. The topological polar surface area (TPSA) is 94.2 Å². The minimum absolute atomic E-state index is 0. The Labute approximate surface area is 138 Å². The van der Waals surface area contributed by atoms with Crippen LogP contribution in [0, 0.1) is 12.8 Å². The van der Waals surface area contributed by atoms with Crippen LogP contribution in [0.2, 0.25) is 10.0 Å². The Morgan fingerprint density at radius 2 is 2.00 bits per heavy atom. The lowest BCUT2D eigenvalue weighted by molar-refractivity contribution is -0.143. The Bertz CT molecular complexity index is 547. The summed E-state index contributed by atoms with van der Waals surface area (Å²) in [5.74, 6) is -2.03. The molecule has 9 heteroatoms. The van der Waals surface area contributed by atoms with Crippen LogP contribution in [0.15, 0.2) is 0 Å². The Hall–Kier alpha value is -0.950. The molecule has 1 aromatic rings. The molecule has 2 rings (SSSR count). The van der Waals surface area contributed by atoms with Crippen molar-refractivity contribution < 1.29 is 14.7 Å². The highest BCUT2D eigenvalue weighted by atomic mass is 35.5. The molecule has 0 radical (unpaired) electrons. The minimum Gasteiger partial charge on any atom is -0.481 e. The summed E-state index contributed by atoms with van der Waals surface area (Å²) in [6.45, 7) is 2.70. The van der Waals surface area contributed by atoms with Gasteiger partial charge < -0.3 is 20.7 Å². The molecule has 21 heavy (non-hydrogen) atoms. The third-order valence-corrected chi connectivity index (χ3v) is 4.34. The smallest absolute Gasteiger partial charge is 0.309 e. The molecule has 6 nitrogen and oxygen atoms in total. The highest BCUT2D eigenvalue weighted by Crippen LogP contribution is 2.29. The lowest BCUT2D eigenvalue weighted by Gasteiger charge is -2.29. The Morgan fingerprint density at radius 1 is 1.33 bits per heavy atom. The van der Waals surface area contributed by atoms with Gasteiger partial charge >= 0.3 is 5.97 Å². The van der Waals surface area contributed by atoms with Crippen LogP contribution in [0.1, 0.15) is 22.6 Å². The van der Waals surface area contributed by atoms with Crippen LogP contribution < -0.4 is 10.6 Å². The molecule has 1 amide bonds. The number of hydrogen-bond acceptors (Lipinski definition) is 3. The van der Waals surface area contributed by atoms with Crippen LogP contribution in [-0.4, -0.2) is 41.1 Å². The second-order valence-corrected chi connectivity index (χ2v) is 5.53. The second-order valence-electron chi connectivity index (χ2n) is 4.77. The molecule has 1 aliphatic heterocycles. The van der Waals surface area contributed by atoms with Gasteiger partial charge in [0.2, 0.25) is 0 Å². The third kappa shape index (κ3) is 3.83. The minimum atomic E-state index is -0.936. The number of aromatic nitrogens is 1. The summed E-state index contributed by atoms with van der Waals surface area (Å²) in [6, 6.07) is -0.431. The number of piperidine rings is 1. The van der Waals surface area contributed by atoms with Gasteiger partial charge in [-0.2, -0.15) is 0 Å². The van der Waals surface area contributed by atoms with Crippen molar-refractivity contribution in [3.8, 4) is 0 Å². The lowest BCUT2D eigenvalue weighted by Crippen LogP contribution is -2.52. The fraction of sp³-hybridized carbons (Fsp3) is 0.500. The first-order valence-corrected chi connectivity index (χ1v) is 6.95. The number of hydrogen-bond donors (Lipinski definition) is 4. The van der Waals surface area contributed by atoms with Gasteiger partial charge in [-0.15, -0.1) is 12.4 Å². The number of nitrogens with one attached hydrogen (secondary N) is 3. The zero-order valence-corrected chi connectivity index (χ0v) is 13.5. The molecule has 0 saturated carbocycles. The van der Waals surface area contributed by atoms with Gasteiger partial charge in [-0.05, 0) is 19.9 Å². The van der Waals surface area contributed by atoms with Crippen LogP contribution in [0.25, 0.3) is 0 Å². The molecule has 1 aromatic heterocycles. The van der Waals surface area contributed by atoms with Crippen molar-refractivity contribution in [2.24, 2.45) is 5.92 Å². The molecule has 0 bridgehead atoms. The molecule has 118 valence electrons. The summed E-state index contributed by atoms with van der Waals surface area (Å²) >= 11 is 11.9.